The Morgan fingerprint density at radius 1 is 1.26 bits per heavy atom. The number of rotatable bonds is 6. The number of nitrogens with one attached hydrogen (secondary N) is 2. The molecule has 0 saturated heterocycles. The second-order valence-corrected chi connectivity index (χ2v) is 6.43. The Hall–Kier alpha value is -2.45. The topological polar surface area (TPSA) is 97.4 Å². The highest BCUT2D eigenvalue weighted by atomic mass is 32.2. The zero-order valence-electron chi connectivity index (χ0n) is 12.7. The predicted octanol–water partition coefficient (Wildman–Crippen LogP) is 0.928. The van der Waals surface area contributed by atoms with E-state index in [1.165, 1.54) is 32.4 Å². The summed E-state index contributed by atoms with van der Waals surface area (Å²) in [7, 11) is -1.07. The summed E-state index contributed by atoms with van der Waals surface area (Å²) in [6, 6.07) is 9.61. The quantitative estimate of drug-likeness (QED) is 0.818. The molecule has 1 heterocycles. The first-order chi connectivity index (χ1) is 11.0. The second-order valence-electron chi connectivity index (χ2n) is 4.58. The van der Waals surface area contributed by atoms with E-state index in [4.69, 9.17) is 4.74 Å². The smallest absolute Gasteiger partial charge is 0.251 e. The minimum Gasteiger partial charge on any atom is -0.495 e. The van der Waals surface area contributed by atoms with Crippen molar-refractivity contribution < 1.29 is 17.9 Å². The molecule has 2 rings (SSSR count). The SMILES string of the molecule is CNS(=O)(=O)c1cc(C(=O)NCc2ccccn2)ccc1OC. The average Bonchev–Trinajstić information content (AvgIpc) is 2.60. The third-order valence-corrected chi connectivity index (χ3v) is 4.58. The Labute approximate surface area is 134 Å². The average molecular weight is 335 g/mol. The molecule has 0 atom stereocenters. The van der Waals surface area contributed by atoms with Gasteiger partial charge in [-0.2, -0.15) is 0 Å². The van der Waals surface area contributed by atoms with Crippen LogP contribution in [0.5, 0.6) is 5.75 Å². The summed E-state index contributed by atoms with van der Waals surface area (Å²) in [5.74, 6) is -0.230. The Morgan fingerprint density at radius 2 is 2.04 bits per heavy atom. The predicted molar refractivity (Wildman–Crippen MR) is 84.6 cm³/mol. The van der Waals surface area contributed by atoms with Crippen LogP contribution >= 0.6 is 0 Å². The molecule has 1 aromatic heterocycles. The number of methoxy groups -OCH3 is 1. The number of amides is 1. The van der Waals surface area contributed by atoms with E-state index < -0.39 is 15.9 Å². The number of ether oxygens (including phenoxy) is 1. The van der Waals surface area contributed by atoms with Gasteiger partial charge in [-0.05, 0) is 37.4 Å². The number of hydrogen-bond acceptors (Lipinski definition) is 5. The maximum Gasteiger partial charge on any atom is 0.251 e. The molecule has 1 aromatic carbocycles. The van der Waals surface area contributed by atoms with Crippen LogP contribution in [-0.2, 0) is 16.6 Å². The van der Waals surface area contributed by atoms with Crippen LogP contribution in [0.3, 0.4) is 0 Å². The Morgan fingerprint density at radius 3 is 2.65 bits per heavy atom. The first-order valence-electron chi connectivity index (χ1n) is 6.77. The van der Waals surface area contributed by atoms with Crippen molar-refractivity contribution in [2.24, 2.45) is 0 Å². The van der Waals surface area contributed by atoms with Crippen LogP contribution in [0.4, 0.5) is 0 Å². The normalized spacial score (nSPS) is 11.0. The van der Waals surface area contributed by atoms with Crippen molar-refractivity contribution >= 4 is 15.9 Å². The fourth-order valence-corrected chi connectivity index (χ4v) is 2.83. The van der Waals surface area contributed by atoms with Gasteiger partial charge in [-0.1, -0.05) is 6.07 Å². The molecule has 0 aliphatic heterocycles. The van der Waals surface area contributed by atoms with Crippen molar-refractivity contribution in [2.45, 2.75) is 11.4 Å². The minimum atomic E-state index is -3.73. The number of pyridine rings is 1. The van der Waals surface area contributed by atoms with E-state index in [-0.39, 0.29) is 22.8 Å². The third kappa shape index (κ3) is 4.05. The Bertz CT molecular complexity index is 792. The lowest BCUT2D eigenvalue weighted by molar-refractivity contribution is 0.0950. The van der Waals surface area contributed by atoms with Crippen molar-refractivity contribution in [3.63, 3.8) is 0 Å². The van der Waals surface area contributed by atoms with Gasteiger partial charge in [-0.3, -0.25) is 9.78 Å². The van der Waals surface area contributed by atoms with Gasteiger partial charge in [-0.25, -0.2) is 13.1 Å². The number of carbonyl (C=O) groups is 1. The van der Waals surface area contributed by atoms with E-state index in [0.717, 1.165) is 0 Å². The molecule has 7 nitrogen and oxygen atoms in total. The van der Waals surface area contributed by atoms with Crippen molar-refractivity contribution in [3.8, 4) is 5.75 Å². The molecule has 2 N–H and O–H groups in total. The van der Waals surface area contributed by atoms with E-state index in [1.807, 2.05) is 6.07 Å². The van der Waals surface area contributed by atoms with Gasteiger partial charge in [-0.15, -0.1) is 0 Å². The largest absolute Gasteiger partial charge is 0.495 e. The van der Waals surface area contributed by atoms with E-state index in [9.17, 15) is 13.2 Å². The van der Waals surface area contributed by atoms with Gasteiger partial charge in [0.2, 0.25) is 10.0 Å². The number of sulfonamides is 1. The molecule has 8 heteroatoms. The number of carbonyl (C=O) groups excluding carboxylic acids is 1. The second kappa shape index (κ2) is 7.21. The van der Waals surface area contributed by atoms with Gasteiger partial charge >= 0.3 is 0 Å². The van der Waals surface area contributed by atoms with E-state index in [2.05, 4.69) is 15.0 Å². The van der Waals surface area contributed by atoms with Gasteiger partial charge < -0.3 is 10.1 Å². The summed E-state index contributed by atoms with van der Waals surface area (Å²) in [4.78, 5) is 16.2. The van der Waals surface area contributed by atoms with Gasteiger partial charge in [0, 0.05) is 11.8 Å². The zero-order valence-corrected chi connectivity index (χ0v) is 13.6. The lowest BCUT2D eigenvalue weighted by Gasteiger charge is -2.11. The molecule has 122 valence electrons. The molecule has 0 spiro atoms. The molecule has 1 amide bonds. The van der Waals surface area contributed by atoms with E-state index >= 15 is 0 Å². The van der Waals surface area contributed by atoms with Crippen molar-refractivity contribution in [3.05, 3.63) is 53.9 Å². The van der Waals surface area contributed by atoms with Crippen molar-refractivity contribution in [1.29, 1.82) is 0 Å². The summed E-state index contributed by atoms with van der Waals surface area (Å²) in [5, 5.41) is 2.69. The van der Waals surface area contributed by atoms with Crippen LogP contribution in [-0.4, -0.2) is 33.5 Å². The van der Waals surface area contributed by atoms with Crippen LogP contribution < -0.4 is 14.8 Å². The molecule has 0 aliphatic carbocycles. The summed E-state index contributed by atoms with van der Waals surface area (Å²) < 4.78 is 31.2. The van der Waals surface area contributed by atoms with Crippen LogP contribution in [0, 0.1) is 0 Å². The summed E-state index contributed by atoms with van der Waals surface area (Å²) in [6.45, 7) is 0.250. The zero-order chi connectivity index (χ0) is 16.9. The van der Waals surface area contributed by atoms with Gasteiger partial charge in [0.25, 0.3) is 5.91 Å². The van der Waals surface area contributed by atoms with Crippen LogP contribution in [0.25, 0.3) is 0 Å². The minimum absolute atomic E-state index is 0.0898. The van der Waals surface area contributed by atoms with Crippen molar-refractivity contribution in [2.75, 3.05) is 14.2 Å². The lowest BCUT2D eigenvalue weighted by Crippen LogP contribution is -2.24. The molecule has 0 aliphatic rings. The molecule has 0 fully saturated rings. The first-order valence-corrected chi connectivity index (χ1v) is 8.26. The monoisotopic (exact) mass is 335 g/mol. The number of benzene rings is 1. The van der Waals surface area contributed by atoms with Crippen LogP contribution in [0.15, 0.2) is 47.5 Å². The fraction of sp³-hybridized carbons (Fsp3) is 0.200. The highest BCUT2D eigenvalue weighted by Gasteiger charge is 2.20. The fourth-order valence-electron chi connectivity index (χ4n) is 1.91. The van der Waals surface area contributed by atoms with Gasteiger partial charge in [0.15, 0.2) is 0 Å². The Balaban J connectivity index is 2.23. The standard InChI is InChI=1S/C15H17N3O4S/c1-16-23(20,21)14-9-11(6-7-13(14)22-2)15(19)18-10-12-5-3-4-8-17-12/h3-9,16H,10H2,1-2H3,(H,18,19). The van der Waals surface area contributed by atoms with E-state index in [1.54, 1.807) is 18.3 Å². The van der Waals surface area contributed by atoms with Gasteiger partial charge in [0.05, 0.1) is 19.3 Å². The molecular weight excluding hydrogens is 318 g/mol. The molecule has 0 saturated carbocycles. The van der Waals surface area contributed by atoms with Crippen molar-refractivity contribution in [1.82, 2.24) is 15.0 Å². The molecular formula is C15H17N3O4S. The molecule has 23 heavy (non-hydrogen) atoms. The van der Waals surface area contributed by atoms with Gasteiger partial charge in [0.1, 0.15) is 10.6 Å². The van der Waals surface area contributed by atoms with Crippen LogP contribution in [0.2, 0.25) is 0 Å². The summed E-state index contributed by atoms with van der Waals surface area (Å²) >= 11 is 0. The summed E-state index contributed by atoms with van der Waals surface area (Å²) in [6.07, 6.45) is 1.63. The number of nitrogens with zero attached hydrogens (tertiary/aromatic N) is 1. The third-order valence-electron chi connectivity index (χ3n) is 3.14. The molecule has 2 aromatic rings. The van der Waals surface area contributed by atoms with Crippen LogP contribution in [0.1, 0.15) is 16.1 Å². The first kappa shape index (κ1) is 16.9. The number of hydrogen-bond donors (Lipinski definition) is 2. The molecule has 0 unspecified atom stereocenters. The summed E-state index contributed by atoms with van der Waals surface area (Å²) in [5.41, 5.74) is 0.924. The van der Waals surface area contributed by atoms with E-state index in [0.29, 0.717) is 5.69 Å². The Kier molecular flexibility index (Phi) is 5.30. The molecule has 0 radical (unpaired) electrons. The highest BCUT2D eigenvalue weighted by Crippen LogP contribution is 2.24. The lowest BCUT2D eigenvalue weighted by atomic mass is 10.2. The maximum atomic E-state index is 12.2. The molecule has 0 bridgehead atoms. The number of aromatic nitrogens is 1. The highest BCUT2D eigenvalue weighted by molar-refractivity contribution is 7.89. The maximum absolute atomic E-state index is 12.2.